The van der Waals surface area contributed by atoms with Gasteiger partial charge in [-0.3, -0.25) is 9.59 Å². The van der Waals surface area contributed by atoms with E-state index in [0.717, 1.165) is 5.57 Å². The van der Waals surface area contributed by atoms with Crippen LogP contribution in [0.3, 0.4) is 0 Å². The zero-order valence-corrected chi connectivity index (χ0v) is 10.3. The molecule has 86 valence electrons. The molecule has 4 nitrogen and oxygen atoms in total. The lowest BCUT2D eigenvalue weighted by molar-refractivity contribution is -0.140. The molecule has 0 aromatic rings. The standard InChI is InChI=1S/C11H11BrO4/c1-15-9(13)5-2-6-7-3-4-8(16-7)11(14)10(6)12/h3-4,7-8H,2,5H2,1H3/t7-,8+/m1/s1. The lowest BCUT2D eigenvalue weighted by atomic mass is 10.0. The average molecular weight is 287 g/mol. The van der Waals surface area contributed by atoms with Crippen LogP contribution in [0.1, 0.15) is 12.8 Å². The van der Waals surface area contributed by atoms with E-state index in [1.807, 2.05) is 6.08 Å². The Hall–Kier alpha value is -0.940. The molecular formula is C11H11BrO4. The summed E-state index contributed by atoms with van der Waals surface area (Å²) in [7, 11) is 1.35. The van der Waals surface area contributed by atoms with Crippen molar-refractivity contribution < 1.29 is 19.1 Å². The molecule has 2 atom stereocenters. The molecule has 0 radical (unpaired) electrons. The Morgan fingerprint density at radius 1 is 1.50 bits per heavy atom. The van der Waals surface area contributed by atoms with E-state index in [0.29, 0.717) is 10.9 Å². The van der Waals surface area contributed by atoms with Gasteiger partial charge in [0.15, 0.2) is 0 Å². The number of methoxy groups -OCH3 is 1. The molecule has 0 aliphatic carbocycles. The van der Waals surface area contributed by atoms with Crippen molar-refractivity contribution in [3.63, 3.8) is 0 Å². The number of hydrogen-bond donors (Lipinski definition) is 0. The maximum atomic E-state index is 11.7. The molecule has 0 aromatic carbocycles. The van der Waals surface area contributed by atoms with E-state index in [1.54, 1.807) is 6.08 Å². The van der Waals surface area contributed by atoms with Gasteiger partial charge in [0.2, 0.25) is 5.78 Å². The lowest BCUT2D eigenvalue weighted by Crippen LogP contribution is -2.30. The van der Waals surface area contributed by atoms with Gasteiger partial charge in [0.05, 0.1) is 17.7 Å². The summed E-state index contributed by atoms with van der Waals surface area (Å²) in [5, 5.41) is 0. The number of carbonyl (C=O) groups is 2. The second kappa shape index (κ2) is 4.51. The van der Waals surface area contributed by atoms with Crippen molar-refractivity contribution in [2.24, 2.45) is 0 Å². The first-order valence-electron chi connectivity index (χ1n) is 4.97. The molecule has 0 unspecified atom stereocenters. The predicted molar refractivity (Wildman–Crippen MR) is 60.0 cm³/mol. The third-order valence-corrected chi connectivity index (χ3v) is 3.58. The minimum absolute atomic E-state index is 0.0788. The molecule has 0 saturated carbocycles. The Balaban J connectivity index is 2.12. The van der Waals surface area contributed by atoms with Crippen LogP contribution >= 0.6 is 15.9 Å². The van der Waals surface area contributed by atoms with Crippen LogP contribution in [-0.2, 0) is 19.1 Å². The van der Waals surface area contributed by atoms with Crippen molar-refractivity contribution in [1.29, 1.82) is 0 Å². The summed E-state index contributed by atoms with van der Waals surface area (Å²) in [5.41, 5.74) is 0.820. The summed E-state index contributed by atoms with van der Waals surface area (Å²) >= 11 is 3.27. The number of fused-ring (bicyclic) bond motifs is 2. The van der Waals surface area contributed by atoms with Crippen LogP contribution in [0, 0.1) is 0 Å². The van der Waals surface area contributed by atoms with Gasteiger partial charge in [0.1, 0.15) is 6.10 Å². The Labute approximate surface area is 101 Å². The number of Topliss-reactive ketones (excluding diaryl/α,β-unsaturated/α-hetero) is 1. The first-order chi connectivity index (χ1) is 7.63. The van der Waals surface area contributed by atoms with Crippen molar-refractivity contribution in [2.75, 3.05) is 7.11 Å². The third-order valence-electron chi connectivity index (χ3n) is 2.68. The molecule has 16 heavy (non-hydrogen) atoms. The number of rotatable bonds is 3. The number of esters is 1. The third kappa shape index (κ3) is 1.97. The predicted octanol–water partition coefficient (Wildman–Crippen LogP) is 1.49. The molecule has 2 heterocycles. The average Bonchev–Trinajstić information content (AvgIpc) is 2.72. The first kappa shape index (κ1) is 11.5. The first-order valence-corrected chi connectivity index (χ1v) is 5.76. The minimum Gasteiger partial charge on any atom is -0.469 e. The molecule has 2 rings (SSSR count). The molecule has 0 fully saturated rings. The van der Waals surface area contributed by atoms with Crippen LogP contribution in [0.2, 0.25) is 0 Å². The molecule has 5 heteroatoms. The number of ether oxygens (including phenoxy) is 2. The van der Waals surface area contributed by atoms with Crippen molar-refractivity contribution in [3.05, 3.63) is 22.2 Å². The normalized spacial score (nSPS) is 27.5. The molecule has 0 spiro atoms. The molecule has 2 aliphatic heterocycles. The highest BCUT2D eigenvalue weighted by atomic mass is 79.9. The van der Waals surface area contributed by atoms with Crippen molar-refractivity contribution >= 4 is 27.7 Å². The van der Waals surface area contributed by atoms with Crippen LogP contribution in [0.15, 0.2) is 22.2 Å². The van der Waals surface area contributed by atoms with Crippen molar-refractivity contribution in [2.45, 2.75) is 25.0 Å². The zero-order valence-electron chi connectivity index (χ0n) is 8.73. The Morgan fingerprint density at radius 3 is 2.88 bits per heavy atom. The Morgan fingerprint density at radius 2 is 2.19 bits per heavy atom. The summed E-state index contributed by atoms with van der Waals surface area (Å²) in [6, 6.07) is 0. The molecule has 0 amide bonds. The monoisotopic (exact) mass is 286 g/mol. The number of halogens is 1. The van der Waals surface area contributed by atoms with E-state index in [2.05, 4.69) is 20.7 Å². The van der Waals surface area contributed by atoms with Crippen LogP contribution < -0.4 is 0 Å². The van der Waals surface area contributed by atoms with Gasteiger partial charge in [0.25, 0.3) is 0 Å². The van der Waals surface area contributed by atoms with E-state index in [4.69, 9.17) is 4.74 Å². The molecule has 2 bridgehead atoms. The molecule has 2 aliphatic rings. The number of hydrogen-bond acceptors (Lipinski definition) is 4. The van der Waals surface area contributed by atoms with Gasteiger partial charge < -0.3 is 9.47 Å². The number of carbonyl (C=O) groups excluding carboxylic acids is 2. The summed E-state index contributed by atoms with van der Waals surface area (Å²) in [6.45, 7) is 0. The SMILES string of the molecule is COC(=O)CCC1=C(Br)C(=O)[C@@H]2C=C[C@H]1O2. The van der Waals surface area contributed by atoms with Gasteiger partial charge in [-0.1, -0.05) is 6.08 Å². The fourth-order valence-corrected chi connectivity index (χ4v) is 2.45. The molecule has 0 N–H and O–H groups in total. The smallest absolute Gasteiger partial charge is 0.305 e. The van der Waals surface area contributed by atoms with E-state index in [1.165, 1.54) is 7.11 Å². The maximum absolute atomic E-state index is 11.7. The largest absolute Gasteiger partial charge is 0.469 e. The zero-order chi connectivity index (χ0) is 11.7. The van der Waals surface area contributed by atoms with Gasteiger partial charge in [0, 0.05) is 6.42 Å². The van der Waals surface area contributed by atoms with Gasteiger partial charge >= 0.3 is 5.97 Å². The van der Waals surface area contributed by atoms with Crippen LogP contribution in [0.4, 0.5) is 0 Å². The highest BCUT2D eigenvalue weighted by Crippen LogP contribution is 2.34. The van der Waals surface area contributed by atoms with E-state index in [-0.39, 0.29) is 24.3 Å². The molecule has 0 saturated heterocycles. The fourth-order valence-electron chi connectivity index (χ4n) is 1.80. The second-order valence-electron chi connectivity index (χ2n) is 3.64. The topological polar surface area (TPSA) is 52.6 Å². The Kier molecular flexibility index (Phi) is 3.25. The van der Waals surface area contributed by atoms with Crippen LogP contribution in [0.25, 0.3) is 0 Å². The highest BCUT2D eigenvalue weighted by molar-refractivity contribution is 9.12. The van der Waals surface area contributed by atoms with Gasteiger partial charge in [-0.25, -0.2) is 0 Å². The fraction of sp³-hybridized carbons (Fsp3) is 0.455. The summed E-state index contributed by atoms with van der Waals surface area (Å²) < 4.78 is 10.6. The van der Waals surface area contributed by atoms with Gasteiger partial charge in [-0.15, -0.1) is 0 Å². The van der Waals surface area contributed by atoms with E-state index >= 15 is 0 Å². The summed E-state index contributed by atoms with van der Waals surface area (Å²) in [5.74, 6) is -0.366. The number of ketones is 1. The minimum atomic E-state index is -0.457. The van der Waals surface area contributed by atoms with Crippen molar-refractivity contribution in [3.8, 4) is 0 Å². The van der Waals surface area contributed by atoms with Crippen LogP contribution in [0.5, 0.6) is 0 Å². The van der Waals surface area contributed by atoms with E-state index in [9.17, 15) is 9.59 Å². The summed E-state index contributed by atoms with van der Waals surface area (Å²) in [6.07, 6.45) is 3.69. The van der Waals surface area contributed by atoms with Crippen molar-refractivity contribution in [1.82, 2.24) is 0 Å². The highest BCUT2D eigenvalue weighted by Gasteiger charge is 2.36. The van der Waals surface area contributed by atoms with Gasteiger partial charge in [-0.2, -0.15) is 0 Å². The van der Waals surface area contributed by atoms with E-state index < -0.39 is 6.10 Å². The molecular weight excluding hydrogens is 276 g/mol. The van der Waals surface area contributed by atoms with Gasteiger partial charge in [-0.05, 0) is 34.0 Å². The lowest BCUT2D eigenvalue weighted by Gasteiger charge is -2.23. The maximum Gasteiger partial charge on any atom is 0.305 e. The second-order valence-corrected chi connectivity index (χ2v) is 4.43. The van der Waals surface area contributed by atoms with Crippen LogP contribution in [-0.4, -0.2) is 31.1 Å². The molecule has 0 aromatic heterocycles. The summed E-state index contributed by atoms with van der Waals surface area (Å²) in [4.78, 5) is 22.8. The quantitative estimate of drug-likeness (QED) is 0.583. The Bertz CT molecular complexity index is 397.